The number of hydrogen-bond donors (Lipinski definition) is 1. The van der Waals surface area contributed by atoms with Gasteiger partial charge in [0.05, 0.1) is 5.41 Å². The highest BCUT2D eigenvalue weighted by atomic mass is 16.5. The van der Waals surface area contributed by atoms with Crippen molar-refractivity contribution < 1.29 is 9.53 Å². The van der Waals surface area contributed by atoms with Gasteiger partial charge in [-0.25, -0.2) is 0 Å². The second-order valence-corrected chi connectivity index (χ2v) is 7.03. The number of hydrogen-bond acceptors (Lipinski definition) is 2. The molecular formula is C16H23NO2. The van der Waals surface area contributed by atoms with E-state index in [9.17, 15) is 4.79 Å². The van der Waals surface area contributed by atoms with Crippen LogP contribution in [0.15, 0.2) is 17.9 Å². The van der Waals surface area contributed by atoms with E-state index in [0.717, 1.165) is 17.0 Å². The maximum Gasteiger partial charge on any atom is 0.317 e. The smallest absolute Gasteiger partial charge is 0.317 e. The van der Waals surface area contributed by atoms with Crippen LogP contribution < -0.4 is 0 Å². The van der Waals surface area contributed by atoms with Gasteiger partial charge in [-0.05, 0) is 32.9 Å². The lowest BCUT2D eigenvalue weighted by molar-refractivity contribution is -0.142. The number of cyclic esters (lactones) is 1. The summed E-state index contributed by atoms with van der Waals surface area (Å²) in [6.07, 6.45) is 0.668. The first-order chi connectivity index (χ1) is 8.61. The van der Waals surface area contributed by atoms with Crippen molar-refractivity contribution in [3.8, 4) is 0 Å². The summed E-state index contributed by atoms with van der Waals surface area (Å²) in [6, 6.07) is 4.16. The molecule has 3 nitrogen and oxygen atoms in total. The number of carbonyl (C=O) groups is 1. The van der Waals surface area contributed by atoms with Gasteiger partial charge < -0.3 is 9.72 Å². The Morgan fingerprint density at radius 1 is 1.32 bits per heavy atom. The summed E-state index contributed by atoms with van der Waals surface area (Å²) in [4.78, 5) is 15.2. The van der Waals surface area contributed by atoms with Crippen LogP contribution in [-0.4, -0.2) is 11.0 Å². The third-order valence-corrected chi connectivity index (χ3v) is 3.69. The van der Waals surface area contributed by atoms with Crippen molar-refractivity contribution in [3.63, 3.8) is 0 Å². The fourth-order valence-corrected chi connectivity index (χ4v) is 2.17. The number of rotatable bonds is 1. The predicted molar refractivity (Wildman–Crippen MR) is 76.6 cm³/mol. The molecule has 3 heteroatoms. The van der Waals surface area contributed by atoms with Crippen LogP contribution in [0.1, 0.15) is 59.4 Å². The number of allylic oxidation sites excluding steroid dienone is 2. The molecule has 1 aliphatic heterocycles. The number of aromatic nitrogens is 1. The molecule has 0 amide bonds. The molecule has 0 bridgehead atoms. The van der Waals surface area contributed by atoms with E-state index < -0.39 is 5.41 Å². The Morgan fingerprint density at radius 2 is 1.95 bits per heavy atom. The molecule has 0 aromatic carbocycles. The molecule has 0 aliphatic carbocycles. The van der Waals surface area contributed by atoms with E-state index in [1.807, 2.05) is 20.8 Å². The van der Waals surface area contributed by atoms with Gasteiger partial charge in [0.15, 0.2) is 0 Å². The lowest BCUT2D eigenvalue weighted by Crippen LogP contribution is -2.16. The minimum absolute atomic E-state index is 0.0921. The van der Waals surface area contributed by atoms with Crippen LogP contribution >= 0.6 is 0 Å². The highest BCUT2D eigenvalue weighted by Crippen LogP contribution is 2.39. The summed E-state index contributed by atoms with van der Waals surface area (Å²) < 4.78 is 5.41. The van der Waals surface area contributed by atoms with Crippen molar-refractivity contribution in [2.75, 3.05) is 0 Å². The first kappa shape index (κ1) is 13.9. The zero-order valence-corrected chi connectivity index (χ0v) is 12.7. The van der Waals surface area contributed by atoms with E-state index in [-0.39, 0.29) is 11.4 Å². The molecule has 19 heavy (non-hydrogen) atoms. The molecular weight excluding hydrogens is 238 g/mol. The van der Waals surface area contributed by atoms with Gasteiger partial charge in [-0.15, -0.1) is 0 Å². The monoisotopic (exact) mass is 261 g/mol. The van der Waals surface area contributed by atoms with Crippen molar-refractivity contribution in [2.24, 2.45) is 5.41 Å². The second kappa shape index (κ2) is 4.26. The number of H-pyrrole nitrogens is 1. The third kappa shape index (κ3) is 2.60. The fourth-order valence-electron chi connectivity index (χ4n) is 2.17. The van der Waals surface area contributed by atoms with E-state index >= 15 is 0 Å². The average molecular weight is 261 g/mol. The Hall–Kier alpha value is -1.51. The lowest BCUT2D eigenvalue weighted by atomic mass is 9.90. The number of ether oxygens (including phenoxy) is 1. The van der Waals surface area contributed by atoms with Gasteiger partial charge in [0.2, 0.25) is 0 Å². The van der Waals surface area contributed by atoms with Crippen LogP contribution in [0.25, 0.3) is 5.57 Å². The Kier molecular flexibility index (Phi) is 3.12. The van der Waals surface area contributed by atoms with Crippen molar-refractivity contribution in [1.82, 2.24) is 4.98 Å². The molecule has 0 saturated carbocycles. The predicted octanol–water partition coefficient (Wildman–Crippen LogP) is 4.02. The summed E-state index contributed by atoms with van der Waals surface area (Å²) in [5.74, 6) is 0.654. The molecule has 1 fully saturated rings. The molecule has 0 atom stereocenters. The second-order valence-electron chi connectivity index (χ2n) is 7.03. The molecule has 0 spiro atoms. The molecule has 2 heterocycles. The molecule has 1 aromatic rings. The van der Waals surface area contributed by atoms with Gasteiger partial charge in [0.25, 0.3) is 0 Å². The highest BCUT2D eigenvalue weighted by molar-refractivity contribution is 5.82. The molecule has 1 aliphatic rings. The van der Waals surface area contributed by atoms with Gasteiger partial charge in [-0.3, -0.25) is 4.79 Å². The number of aromatic amines is 1. The Morgan fingerprint density at radius 3 is 2.37 bits per heavy atom. The SMILES string of the molecule is C/C(=C1/CC(C)(C)C(=O)O1)c1ccc(C(C)(C)C)[nH]1. The topological polar surface area (TPSA) is 42.1 Å². The molecule has 104 valence electrons. The highest BCUT2D eigenvalue weighted by Gasteiger charge is 2.39. The van der Waals surface area contributed by atoms with Gasteiger partial charge in [-0.2, -0.15) is 0 Å². The third-order valence-electron chi connectivity index (χ3n) is 3.69. The van der Waals surface area contributed by atoms with Crippen LogP contribution in [-0.2, 0) is 14.9 Å². The van der Waals surface area contributed by atoms with E-state index in [1.54, 1.807) is 0 Å². The van der Waals surface area contributed by atoms with E-state index in [2.05, 4.69) is 37.9 Å². The van der Waals surface area contributed by atoms with Crippen molar-refractivity contribution >= 4 is 11.5 Å². The van der Waals surface area contributed by atoms with Gasteiger partial charge in [0, 0.05) is 28.8 Å². The summed E-state index contributed by atoms with van der Waals surface area (Å²) in [5, 5.41) is 0. The molecule has 1 saturated heterocycles. The standard InChI is InChI=1S/C16H23NO2/c1-10(12-9-16(5,6)14(18)19-12)11-7-8-13(17-11)15(2,3)4/h7-8,17H,9H2,1-6H3/b12-10+. The number of carbonyl (C=O) groups excluding carboxylic acids is 1. The normalized spacial score (nSPS) is 21.5. The van der Waals surface area contributed by atoms with E-state index in [0.29, 0.717) is 6.42 Å². The fraction of sp³-hybridized carbons (Fsp3) is 0.562. The molecule has 0 radical (unpaired) electrons. The molecule has 1 aromatic heterocycles. The number of nitrogens with one attached hydrogen (secondary N) is 1. The first-order valence-electron chi connectivity index (χ1n) is 6.73. The van der Waals surface area contributed by atoms with Gasteiger partial charge in [0.1, 0.15) is 5.76 Å². The Labute approximate surface area is 115 Å². The van der Waals surface area contributed by atoms with Crippen molar-refractivity contribution in [3.05, 3.63) is 29.3 Å². The lowest BCUT2D eigenvalue weighted by Gasteiger charge is -2.16. The minimum Gasteiger partial charge on any atom is -0.430 e. The summed E-state index contributed by atoms with van der Waals surface area (Å²) >= 11 is 0. The van der Waals surface area contributed by atoms with Gasteiger partial charge >= 0.3 is 5.97 Å². The van der Waals surface area contributed by atoms with E-state index in [4.69, 9.17) is 4.74 Å². The van der Waals surface area contributed by atoms with Crippen molar-refractivity contribution in [1.29, 1.82) is 0 Å². The van der Waals surface area contributed by atoms with E-state index in [1.165, 1.54) is 5.69 Å². The maximum atomic E-state index is 11.7. The summed E-state index contributed by atoms with van der Waals surface area (Å²) in [7, 11) is 0. The molecule has 2 rings (SSSR count). The zero-order valence-electron chi connectivity index (χ0n) is 12.7. The maximum absolute atomic E-state index is 11.7. The van der Waals surface area contributed by atoms with Gasteiger partial charge in [-0.1, -0.05) is 20.8 Å². The van der Waals surface area contributed by atoms with Crippen LogP contribution in [0.2, 0.25) is 0 Å². The van der Waals surface area contributed by atoms with Crippen LogP contribution in [0, 0.1) is 5.41 Å². The zero-order chi connectivity index (χ0) is 14.4. The van der Waals surface area contributed by atoms with Crippen LogP contribution in [0.5, 0.6) is 0 Å². The Bertz CT molecular complexity index is 541. The molecule has 0 unspecified atom stereocenters. The average Bonchev–Trinajstić information content (AvgIpc) is 2.83. The largest absolute Gasteiger partial charge is 0.430 e. The first-order valence-corrected chi connectivity index (χ1v) is 6.73. The molecule has 1 N–H and O–H groups in total. The quantitative estimate of drug-likeness (QED) is 0.776. The van der Waals surface area contributed by atoms with Crippen molar-refractivity contribution in [2.45, 2.75) is 53.4 Å². The summed E-state index contributed by atoms with van der Waals surface area (Å²) in [5.41, 5.74) is 2.93. The number of esters is 1. The Balaban J connectivity index is 2.33. The van der Waals surface area contributed by atoms with Crippen LogP contribution in [0.3, 0.4) is 0 Å². The summed E-state index contributed by atoms with van der Waals surface area (Å²) in [6.45, 7) is 12.4. The van der Waals surface area contributed by atoms with Crippen LogP contribution in [0.4, 0.5) is 0 Å². The minimum atomic E-state index is -0.407.